The summed E-state index contributed by atoms with van der Waals surface area (Å²) in [6.45, 7) is 0. The standard InChI is InChI=1S/C35H44N2O7/c1-43-29-19-22(6-9-25(29)38)7-10-26(39)32(27(40)11-8-23-18-28(41)33(42)30(20-23)44-2)35(24-12-17-37-31(36)21-24)16-5-15-34(35)13-3-4-14-34/h6,9,12,17-21,26,32,38-39,41-42H,3-5,7-8,10-11,13-16H2,1-2H3,(H2,36,37)/t26-,32-,35-/m1/s1. The number of aryl methyl sites for hydroxylation is 2. The lowest BCUT2D eigenvalue weighted by Crippen LogP contribution is -2.53. The SMILES string of the molecule is COc1cc(CC[C@@H](O)[C@H](C(=O)CCc2cc(O)c(O)c(OC)c2)[C@]2(c3ccnc(N)c3)CCCC23CCCC3)ccc1O. The van der Waals surface area contributed by atoms with Crippen LogP contribution in [0.1, 0.15) is 74.5 Å². The number of Topliss-reactive ketones (excluding diaryl/α,β-unsaturated/α-hetero) is 1. The van der Waals surface area contributed by atoms with Gasteiger partial charge in [-0.15, -0.1) is 0 Å². The minimum atomic E-state index is -0.949. The fraction of sp³-hybridized carbons (Fsp3) is 0.486. The van der Waals surface area contributed by atoms with E-state index in [2.05, 4.69) is 4.98 Å². The first-order chi connectivity index (χ1) is 21.1. The number of nitrogen functional groups attached to an aromatic ring is 1. The summed E-state index contributed by atoms with van der Waals surface area (Å²) < 4.78 is 10.5. The number of nitrogens with zero attached hydrogens (tertiary/aromatic N) is 1. The van der Waals surface area contributed by atoms with Gasteiger partial charge in [0.25, 0.3) is 0 Å². The number of nitrogens with two attached hydrogens (primary N) is 1. The molecule has 3 atom stereocenters. The van der Waals surface area contributed by atoms with E-state index in [1.165, 1.54) is 20.3 Å². The number of anilines is 1. The Labute approximate surface area is 258 Å². The molecule has 2 saturated carbocycles. The van der Waals surface area contributed by atoms with E-state index in [0.29, 0.717) is 36.4 Å². The van der Waals surface area contributed by atoms with Gasteiger partial charge in [0.15, 0.2) is 23.0 Å². The van der Waals surface area contributed by atoms with Crippen LogP contribution in [-0.4, -0.2) is 51.5 Å². The molecule has 44 heavy (non-hydrogen) atoms. The molecule has 0 amide bonds. The lowest BCUT2D eigenvalue weighted by molar-refractivity contribution is -0.133. The summed E-state index contributed by atoms with van der Waals surface area (Å²) in [6, 6.07) is 12.1. The minimum absolute atomic E-state index is 0.0455. The third-order valence-electron chi connectivity index (χ3n) is 10.3. The number of phenols is 3. The van der Waals surface area contributed by atoms with Gasteiger partial charge in [-0.3, -0.25) is 4.79 Å². The third kappa shape index (κ3) is 5.77. The number of hydrogen-bond donors (Lipinski definition) is 5. The summed E-state index contributed by atoms with van der Waals surface area (Å²) in [5.41, 5.74) is 8.00. The Bertz CT molecular complexity index is 1480. The van der Waals surface area contributed by atoms with Crippen LogP contribution in [-0.2, 0) is 23.1 Å². The topological polar surface area (TPSA) is 155 Å². The maximum atomic E-state index is 14.6. The zero-order valence-corrected chi connectivity index (χ0v) is 25.6. The van der Waals surface area contributed by atoms with Crippen molar-refractivity contribution in [2.45, 2.75) is 82.1 Å². The number of aliphatic hydroxyl groups is 1. The molecule has 0 aliphatic heterocycles. The second-order valence-electron chi connectivity index (χ2n) is 12.5. The molecule has 0 unspecified atom stereocenters. The van der Waals surface area contributed by atoms with Crippen molar-refractivity contribution in [1.82, 2.24) is 4.98 Å². The minimum Gasteiger partial charge on any atom is -0.504 e. The Kier molecular flexibility index (Phi) is 9.25. The van der Waals surface area contributed by atoms with Gasteiger partial charge in [0, 0.05) is 18.0 Å². The van der Waals surface area contributed by atoms with Crippen molar-refractivity contribution in [2.75, 3.05) is 20.0 Å². The lowest BCUT2D eigenvalue weighted by atomic mass is 9.52. The fourth-order valence-corrected chi connectivity index (χ4v) is 8.33. The molecule has 0 radical (unpaired) electrons. The van der Waals surface area contributed by atoms with Crippen LogP contribution in [0.5, 0.6) is 28.7 Å². The van der Waals surface area contributed by atoms with E-state index in [0.717, 1.165) is 56.1 Å². The summed E-state index contributed by atoms with van der Waals surface area (Å²) >= 11 is 0. The van der Waals surface area contributed by atoms with Crippen LogP contribution in [0.4, 0.5) is 5.82 Å². The third-order valence-corrected chi connectivity index (χ3v) is 10.3. The molecule has 2 aromatic carbocycles. The number of rotatable bonds is 12. The van der Waals surface area contributed by atoms with Crippen molar-refractivity contribution in [1.29, 1.82) is 0 Å². The molecule has 2 aliphatic carbocycles. The van der Waals surface area contributed by atoms with Crippen LogP contribution in [0, 0.1) is 11.3 Å². The Morgan fingerprint density at radius 2 is 1.59 bits per heavy atom. The van der Waals surface area contributed by atoms with Gasteiger partial charge < -0.3 is 35.6 Å². The van der Waals surface area contributed by atoms with E-state index < -0.39 is 17.4 Å². The molecule has 9 nitrogen and oxygen atoms in total. The smallest absolute Gasteiger partial charge is 0.200 e. The second-order valence-corrected chi connectivity index (χ2v) is 12.5. The van der Waals surface area contributed by atoms with Crippen molar-refractivity contribution < 1.29 is 34.7 Å². The summed E-state index contributed by atoms with van der Waals surface area (Å²) in [5, 5.41) is 42.5. The molecule has 2 aliphatic rings. The maximum Gasteiger partial charge on any atom is 0.200 e. The molecule has 0 bridgehead atoms. The molecule has 1 spiro atoms. The van der Waals surface area contributed by atoms with Crippen LogP contribution in [0.3, 0.4) is 0 Å². The largest absolute Gasteiger partial charge is 0.504 e. The number of aromatic nitrogens is 1. The number of ether oxygens (including phenoxy) is 2. The fourth-order valence-electron chi connectivity index (χ4n) is 8.33. The lowest BCUT2D eigenvalue weighted by Gasteiger charge is -2.51. The van der Waals surface area contributed by atoms with Gasteiger partial charge in [0.05, 0.1) is 26.2 Å². The highest BCUT2D eigenvalue weighted by Gasteiger charge is 2.62. The van der Waals surface area contributed by atoms with Crippen molar-refractivity contribution in [2.24, 2.45) is 11.3 Å². The highest BCUT2D eigenvalue weighted by Crippen LogP contribution is 2.66. The van der Waals surface area contributed by atoms with Crippen LogP contribution in [0.15, 0.2) is 48.7 Å². The second kappa shape index (κ2) is 12.9. The number of benzene rings is 2. The summed E-state index contributed by atoms with van der Waals surface area (Å²) in [6.07, 6.45) is 8.90. The summed E-state index contributed by atoms with van der Waals surface area (Å²) in [5.74, 6) is -0.454. The number of carbonyl (C=O) groups excluding carboxylic acids is 1. The van der Waals surface area contributed by atoms with E-state index in [9.17, 15) is 25.2 Å². The Morgan fingerprint density at radius 1 is 0.886 bits per heavy atom. The number of phenolic OH excluding ortho intramolecular Hbond substituents is 3. The molecule has 1 heterocycles. The number of aromatic hydroxyl groups is 3. The number of pyridine rings is 1. The van der Waals surface area contributed by atoms with Gasteiger partial charge in [-0.2, -0.15) is 0 Å². The molecule has 1 aromatic heterocycles. The van der Waals surface area contributed by atoms with E-state index >= 15 is 0 Å². The average molecular weight is 605 g/mol. The monoisotopic (exact) mass is 604 g/mol. The number of carbonyl (C=O) groups is 1. The van der Waals surface area contributed by atoms with Crippen LogP contribution in [0.25, 0.3) is 0 Å². The normalized spacial score (nSPS) is 20.4. The van der Waals surface area contributed by atoms with E-state index in [-0.39, 0.29) is 40.6 Å². The highest BCUT2D eigenvalue weighted by molar-refractivity contribution is 5.84. The van der Waals surface area contributed by atoms with Crippen LogP contribution >= 0.6 is 0 Å². The van der Waals surface area contributed by atoms with E-state index in [1.54, 1.807) is 30.5 Å². The molecule has 9 heteroatoms. The van der Waals surface area contributed by atoms with Crippen molar-refractivity contribution in [3.05, 3.63) is 65.4 Å². The van der Waals surface area contributed by atoms with E-state index in [1.807, 2.05) is 12.1 Å². The van der Waals surface area contributed by atoms with Gasteiger partial charge in [-0.1, -0.05) is 25.3 Å². The number of methoxy groups -OCH3 is 2. The van der Waals surface area contributed by atoms with E-state index in [4.69, 9.17) is 15.2 Å². The number of ketones is 1. The average Bonchev–Trinajstić information content (AvgIpc) is 3.65. The first kappa shape index (κ1) is 31.4. The quantitative estimate of drug-likeness (QED) is 0.166. The highest BCUT2D eigenvalue weighted by atomic mass is 16.5. The van der Waals surface area contributed by atoms with Crippen molar-refractivity contribution >= 4 is 11.6 Å². The van der Waals surface area contributed by atoms with Gasteiger partial charge in [0.1, 0.15) is 11.6 Å². The van der Waals surface area contributed by atoms with Crippen LogP contribution in [0.2, 0.25) is 0 Å². The molecule has 2 fully saturated rings. The van der Waals surface area contributed by atoms with Crippen LogP contribution < -0.4 is 15.2 Å². The molecule has 0 saturated heterocycles. The van der Waals surface area contributed by atoms with Gasteiger partial charge >= 0.3 is 0 Å². The predicted molar refractivity (Wildman–Crippen MR) is 167 cm³/mol. The molecule has 3 aromatic rings. The van der Waals surface area contributed by atoms with Crippen molar-refractivity contribution in [3.63, 3.8) is 0 Å². The molecule has 6 N–H and O–H groups in total. The Balaban J connectivity index is 1.53. The predicted octanol–water partition coefficient (Wildman–Crippen LogP) is 5.59. The number of hydrogen-bond acceptors (Lipinski definition) is 9. The molecule has 5 rings (SSSR count). The summed E-state index contributed by atoms with van der Waals surface area (Å²) in [4.78, 5) is 18.9. The van der Waals surface area contributed by atoms with Gasteiger partial charge in [0.2, 0.25) is 5.75 Å². The Morgan fingerprint density at radius 3 is 2.30 bits per heavy atom. The van der Waals surface area contributed by atoms with Crippen molar-refractivity contribution in [3.8, 4) is 28.7 Å². The van der Waals surface area contributed by atoms with Gasteiger partial charge in [-0.25, -0.2) is 4.98 Å². The van der Waals surface area contributed by atoms with Gasteiger partial charge in [-0.05, 0) is 103 Å². The Hall–Kier alpha value is -3.98. The maximum absolute atomic E-state index is 14.6. The molecular formula is C35H44N2O7. The zero-order valence-electron chi connectivity index (χ0n) is 25.6. The molecular weight excluding hydrogens is 560 g/mol. The zero-order chi connectivity index (χ0) is 31.5. The first-order valence-corrected chi connectivity index (χ1v) is 15.5. The number of aliphatic hydroxyl groups excluding tert-OH is 1. The molecule has 236 valence electrons. The summed E-state index contributed by atoms with van der Waals surface area (Å²) in [7, 11) is 2.90. The first-order valence-electron chi connectivity index (χ1n) is 15.5.